The van der Waals surface area contributed by atoms with Crippen molar-refractivity contribution < 1.29 is 0 Å². The predicted octanol–water partition coefficient (Wildman–Crippen LogP) is 18.9. The van der Waals surface area contributed by atoms with Crippen molar-refractivity contribution in [2.45, 2.75) is 70.6 Å². The summed E-state index contributed by atoms with van der Waals surface area (Å²) in [5.74, 6) is -0.355. The molecule has 0 N–H and O–H groups in total. The second-order valence-corrected chi connectivity index (χ2v) is 29.1. The molecule has 0 aliphatic carbocycles. The maximum Gasteiger partial charge on any atom is 0.226 e. The van der Waals surface area contributed by atoms with Crippen LogP contribution in [0.2, 0.25) is 0 Å². The summed E-state index contributed by atoms with van der Waals surface area (Å²) in [5.41, 5.74) is -1.51. The van der Waals surface area contributed by atoms with Gasteiger partial charge in [0.25, 0.3) is 0 Å². The molecular formula is C22H11Cl27. The Hall–Kier alpha value is 7.05. The van der Waals surface area contributed by atoms with Crippen molar-refractivity contribution >= 4 is 313 Å². The second-order valence-electron chi connectivity index (χ2n) is 10.3. The van der Waals surface area contributed by atoms with Gasteiger partial charge in [0.05, 0.1) is 0 Å². The molecule has 1 aromatic carbocycles. The van der Waals surface area contributed by atoms with Crippen LogP contribution in [0.25, 0.3) is 0 Å². The van der Waals surface area contributed by atoms with E-state index in [-0.39, 0.29) is 17.9 Å². The summed E-state index contributed by atoms with van der Waals surface area (Å²) in [5, 5.41) is 0. The van der Waals surface area contributed by atoms with Gasteiger partial charge in [-0.15, -0.1) is 0 Å². The summed E-state index contributed by atoms with van der Waals surface area (Å²) >= 11 is 174. The van der Waals surface area contributed by atoms with E-state index in [0.717, 1.165) is 12.1 Å². The van der Waals surface area contributed by atoms with Crippen LogP contribution in [0, 0.1) is 5.92 Å². The third-order valence-electron chi connectivity index (χ3n) is 6.34. The molecule has 0 aliphatic rings. The van der Waals surface area contributed by atoms with Crippen LogP contribution >= 0.6 is 313 Å². The molecule has 0 bridgehead atoms. The minimum Gasteiger partial charge on any atom is -0.0943 e. The first-order valence-electron chi connectivity index (χ1n) is 11.7. The predicted molar refractivity (Wildman–Crippen MR) is 233 cm³/mol. The maximum atomic E-state index is 6.95. The zero-order valence-electron chi connectivity index (χ0n) is 22.6. The highest BCUT2D eigenvalue weighted by molar-refractivity contribution is 6.82. The second kappa shape index (κ2) is 17.1. The van der Waals surface area contributed by atoms with E-state index >= 15 is 0 Å². The summed E-state index contributed by atoms with van der Waals surface area (Å²) in [6.45, 7) is 3.43. The normalized spacial score (nSPS) is 16.1. The van der Waals surface area contributed by atoms with Crippen molar-refractivity contribution in [2.24, 2.45) is 5.92 Å². The van der Waals surface area contributed by atoms with Crippen molar-refractivity contribution in [1.82, 2.24) is 0 Å². The first-order valence-corrected chi connectivity index (χ1v) is 21.9. The highest BCUT2D eigenvalue weighted by atomic mass is 35.6. The molecule has 0 saturated carbocycles. The van der Waals surface area contributed by atoms with Crippen LogP contribution in [-0.4, -0.2) is 37.4 Å². The molecule has 0 heterocycles. The summed E-state index contributed by atoms with van der Waals surface area (Å²) < 4.78 is -33.9. The van der Waals surface area contributed by atoms with Crippen LogP contribution in [0.3, 0.4) is 0 Å². The molecule has 0 saturated heterocycles. The first kappa shape index (κ1) is 54.1. The fourth-order valence-corrected chi connectivity index (χ4v) is 10.5. The van der Waals surface area contributed by atoms with E-state index in [2.05, 4.69) is 0 Å². The lowest BCUT2D eigenvalue weighted by Crippen LogP contribution is -2.57. The lowest BCUT2D eigenvalue weighted by molar-refractivity contribution is 0.560. The minimum atomic E-state index is -2.93. The molecule has 49 heavy (non-hydrogen) atoms. The van der Waals surface area contributed by atoms with Crippen LogP contribution in [0.1, 0.15) is 36.1 Å². The topological polar surface area (TPSA) is 0 Å². The van der Waals surface area contributed by atoms with E-state index in [4.69, 9.17) is 313 Å². The fraction of sp³-hybridized carbons (Fsp3) is 0.727. The van der Waals surface area contributed by atoms with Crippen molar-refractivity contribution in [3.05, 3.63) is 34.4 Å². The van der Waals surface area contributed by atoms with E-state index < -0.39 is 67.1 Å². The Balaban J connectivity index is 4.81. The van der Waals surface area contributed by atoms with Crippen LogP contribution in [0.5, 0.6) is 0 Å². The molecule has 0 fully saturated rings. The van der Waals surface area contributed by atoms with Gasteiger partial charge in [-0.1, -0.05) is 327 Å². The van der Waals surface area contributed by atoms with Crippen molar-refractivity contribution in [3.8, 4) is 0 Å². The lowest BCUT2D eigenvalue weighted by Gasteiger charge is -2.48. The van der Waals surface area contributed by atoms with Gasteiger partial charge >= 0.3 is 0 Å². The zero-order chi connectivity index (χ0) is 40.0. The van der Waals surface area contributed by atoms with E-state index in [1.54, 1.807) is 13.8 Å². The van der Waals surface area contributed by atoms with Gasteiger partial charge < -0.3 is 0 Å². The first-order chi connectivity index (χ1) is 20.9. The van der Waals surface area contributed by atoms with Gasteiger partial charge in [-0.05, 0) is 46.7 Å². The van der Waals surface area contributed by atoms with Gasteiger partial charge in [-0.25, -0.2) is 0 Å². The van der Waals surface area contributed by atoms with Crippen molar-refractivity contribution in [2.75, 3.05) is 0 Å². The molecule has 0 aliphatic heterocycles. The molecule has 27 heteroatoms. The van der Waals surface area contributed by atoms with Crippen LogP contribution in [0.4, 0.5) is 0 Å². The Morgan fingerprint density at radius 3 is 0.796 bits per heavy atom. The Morgan fingerprint density at radius 1 is 0.367 bits per heavy atom. The Morgan fingerprint density at radius 2 is 0.592 bits per heavy atom. The van der Waals surface area contributed by atoms with E-state index in [1.165, 1.54) is 0 Å². The molecule has 288 valence electrons. The molecule has 1 aromatic rings. The smallest absolute Gasteiger partial charge is 0.0943 e. The number of alkyl halides is 27. The number of hydrogen-bond acceptors (Lipinski definition) is 0. The summed E-state index contributed by atoms with van der Waals surface area (Å²) in [6.07, 6.45) is -0.120. The van der Waals surface area contributed by atoms with Crippen LogP contribution in [0.15, 0.2) is 12.1 Å². The fourth-order valence-electron chi connectivity index (χ4n) is 3.69. The Bertz CT molecular complexity index is 1280. The highest BCUT2D eigenvalue weighted by Crippen LogP contribution is 2.70. The van der Waals surface area contributed by atoms with Gasteiger partial charge in [0.2, 0.25) is 24.4 Å². The lowest BCUT2D eigenvalue weighted by atomic mass is 9.84. The van der Waals surface area contributed by atoms with E-state index in [0.29, 0.717) is 0 Å². The largest absolute Gasteiger partial charge is 0.226 e. The van der Waals surface area contributed by atoms with Gasteiger partial charge in [0.15, 0.2) is 26.0 Å². The Kier molecular flexibility index (Phi) is 18.8. The summed E-state index contributed by atoms with van der Waals surface area (Å²) in [4.78, 5) is 0. The molecule has 0 unspecified atom stereocenters. The number of halogens is 27. The molecule has 0 amide bonds. The standard InChI is InChI=1S/C22H11Cl27/c1-6(2)3-8-9(12(25,26)15(31,32)18(37,38)21(44,45)46)4-7(11(23,24)14(29,30)17(35,36)20(41,42)43)5-10(8)13(27,28)16(33,34)19(39,40)22(47,48)49/h4-6H,3H2,1-2H3. The minimum absolute atomic E-state index is 0.102. The van der Waals surface area contributed by atoms with Gasteiger partial charge in [0, 0.05) is 0 Å². The summed E-state index contributed by atoms with van der Waals surface area (Å²) in [7, 11) is 0. The molecule has 0 atom stereocenters. The molecule has 0 aromatic heterocycles. The molecule has 1 rings (SSSR count). The Labute approximate surface area is 417 Å². The van der Waals surface area contributed by atoms with Gasteiger partial charge in [-0.3, -0.25) is 0 Å². The van der Waals surface area contributed by atoms with Crippen molar-refractivity contribution in [3.63, 3.8) is 0 Å². The average Bonchev–Trinajstić information content (AvgIpc) is 2.85. The summed E-state index contributed by atoms with van der Waals surface area (Å²) in [6, 6.07) is 2.03. The monoisotopic (exact) mass is 1220 g/mol. The molecular weight excluding hydrogens is 1220 g/mol. The molecule has 0 nitrogen and oxygen atoms in total. The third kappa shape index (κ3) is 9.75. The third-order valence-corrected chi connectivity index (χ3v) is 22.7. The average molecular weight is 1230 g/mol. The number of hydrogen-bond donors (Lipinski definition) is 0. The van der Waals surface area contributed by atoms with Crippen LogP contribution < -0.4 is 0 Å². The molecule has 0 radical (unpaired) electrons. The highest BCUT2D eigenvalue weighted by Gasteiger charge is 2.73. The zero-order valence-corrected chi connectivity index (χ0v) is 43.1. The number of benzene rings is 1. The molecule has 0 spiro atoms. The van der Waals surface area contributed by atoms with Gasteiger partial charge in [0.1, 0.15) is 0 Å². The van der Waals surface area contributed by atoms with Gasteiger partial charge in [-0.2, -0.15) is 0 Å². The number of rotatable bonds is 11. The van der Waals surface area contributed by atoms with E-state index in [1.807, 2.05) is 0 Å². The van der Waals surface area contributed by atoms with Crippen molar-refractivity contribution in [1.29, 1.82) is 0 Å². The quantitative estimate of drug-likeness (QED) is 0.194. The van der Waals surface area contributed by atoms with E-state index in [9.17, 15) is 0 Å². The SMILES string of the molecule is CC(C)Cc1c(C(Cl)(Cl)C(Cl)(Cl)C(Cl)(Cl)C(Cl)(Cl)Cl)cc(C(Cl)(Cl)C(Cl)(Cl)C(Cl)(Cl)C(Cl)(Cl)Cl)cc1C(Cl)(Cl)C(Cl)(Cl)C(Cl)(Cl)C(Cl)(Cl)Cl. The maximum absolute atomic E-state index is 6.95. The van der Waals surface area contributed by atoms with Crippen LogP contribution in [-0.2, 0) is 19.4 Å².